The molecule has 0 aliphatic carbocycles. The van der Waals surface area contributed by atoms with Gasteiger partial charge in [0.25, 0.3) is 0 Å². The van der Waals surface area contributed by atoms with Gasteiger partial charge in [0, 0.05) is 24.7 Å². The Bertz CT molecular complexity index is 882. The lowest BCUT2D eigenvalue weighted by Gasteiger charge is -2.30. The highest BCUT2D eigenvalue weighted by atomic mass is 32.2. The number of carbonyl (C=O) groups is 1. The zero-order valence-electron chi connectivity index (χ0n) is 15.8. The van der Waals surface area contributed by atoms with E-state index in [2.05, 4.69) is 5.32 Å². The average molecular weight is 387 g/mol. The Hall–Kier alpha value is -2.18. The molecule has 6 heteroatoms. The van der Waals surface area contributed by atoms with Crippen LogP contribution in [-0.4, -0.2) is 31.7 Å². The number of sulfonamides is 1. The number of nitrogens with zero attached hydrogens (tertiary/aromatic N) is 1. The molecule has 3 rings (SSSR count). The van der Waals surface area contributed by atoms with Gasteiger partial charge in [-0.25, -0.2) is 12.7 Å². The fourth-order valence-corrected chi connectivity index (χ4v) is 4.83. The first kappa shape index (κ1) is 19.6. The molecule has 0 saturated carbocycles. The molecule has 1 fully saturated rings. The summed E-state index contributed by atoms with van der Waals surface area (Å²) in [6.45, 7) is 4.75. The molecule has 0 aromatic heterocycles. The molecule has 2 aromatic carbocycles. The van der Waals surface area contributed by atoms with Crippen molar-refractivity contribution in [2.75, 3.05) is 18.4 Å². The van der Waals surface area contributed by atoms with E-state index in [4.69, 9.17) is 0 Å². The highest BCUT2D eigenvalue weighted by molar-refractivity contribution is 7.88. The van der Waals surface area contributed by atoms with Gasteiger partial charge in [-0.1, -0.05) is 47.5 Å². The van der Waals surface area contributed by atoms with Crippen LogP contribution in [0.15, 0.2) is 48.5 Å². The van der Waals surface area contributed by atoms with Crippen LogP contribution in [0.5, 0.6) is 0 Å². The van der Waals surface area contributed by atoms with Crippen molar-refractivity contribution in [3.8, 4) is 0 Å². The summed E-state index contributed by atoms with van der Waals surface area (Å²) in [7, 11) is -3.36. The molecule has 0 spiro atoms. The number of nitrogens with one attached hydrogen (secondary N) is 1. The van der Waals surface area contributed by atoms with Crippen molar-refractivity contribution in [1.82, 2.24) is 4.31 Å². The molecule has 1 aliphatic rings. The molecule has 0 radical (unpaired) electrons. The first-order chi connectivity index (χ1) is 12.8. The third kappa shape index (κ3) is 5.17. The minimum absolute atomic E-state index is 0.00745. The Balaban J connectivity index is 1.55. The van der Waals surface area contributed by atoms with E-state index < -0.39 is 10.0 Å². The molecule has 144 valence electrons. The van der Waals surface area contributed by atoms with Crippen LogP contribution in [0.25, 0.3) is 0 Å². The number of piperidine rings is 1. The van der Waals surface area contributed by atoms with E-state index in [1.165, 1.54) is 4.31 Å². The molecule has 5 nitrogen and oxygen atoms in total. The summed E-state index contributed by atoms with van der Waals surface area (Å²) in [5.74, 6) is -0.181. The minimum atomic E-state index is -3.36. The first-order valence-electron chi connectivity index (χ1n) is 9.24. The van der Waals surface area contributed by atoms with Gasteiger partial charge in [-0.15, -0.1) is 0 Å². The van der Waals surface area contributed by atoms with E-state index in [0.717, 1.165) is 22.4 Å². The fraction of sp³-hybridized carbons (Fsp3) is 0.381. The number of rotatable bonds is 5. The number of aryl methyl sites for hydroxylation is 2. The quantitative estimate of drug-likeness (QED) is 0.855. The number of amides is 1. The first-order valence-corrected chi connectivity index (χ1v) is 10.9. The number of hydrogen-bond donors (Lipinski definition) is 1. The van der Waals surface area contributed by atoms with Crippen molar-refractivity contribution in [2.45, 2.75) is 32.4 Å². The SMILES string of the molecule is Cc1ccc(CS(=O)(=O)N2CCC(C(=O)Nc3ccc(C)cc3)CC2)cc1. The van der Waals surface area contributed by atoms with Gasteiger partial charge in [-0.3, -0.25) is 4.79 Å². The number of anilines is 1. The molecule has 0 atom stereocenters. The van der Waals surface area contributed by atoms with Crippen LogP contribution in [0.1, 0.15) is 29.5 Å². The van der Waals surface area contributed by atoms with Crippen LogP contribution in [0.3, 0.4) is 0 Å². The molecule has 2 aromatic rings. The fourth-order valence-electron chi connectivity index (χ4n) is 3.26. The molecule has 1 amide bonds. The molecule has 27 heavy (non-hydrogen) atoms. The maximum atomic E-state index is 12.7. The van der Waals surface area contributed by atoms with E-state index in [1.54, 1.807) is 0 Å². The molecule has 1 aliphatic heterocycles. The van der Waals surface area contributed by atoms with Gasteiger partial charge in [-0.05, 0) is 44.4 Å². The smallest absolute Gasteiger partial charge is 0.227 e. The summed E-state index contributed by atoms with van der Waals surface area (Å²) in [4.78, 5) is 12.5. The lowest BCUT2D eigenvalue weighted by atomic mass is 9.97. The molecule has 1 heterocycles. The van der Waals surface area contributed by atoms with Gasteiger partial charge < -0.3 is 5.32 Å². The second-order valence-corrected chi connectivity index (χ2v) is 9.24. The predicted octanol–water partition coefficient (Wildman–Crippen LogP) is 3.48. The molecule has 1 saturated heterocycles. The Kier molecular flexibility index (Phi) is 5.97. The van der Waals surface area contributed by atoms with Gasteiger partial charge in [0.2, 0.25) is 15.9 Å². The zero-order valence-corrected chi connectivity index (χ0v) is 16.6. The summed E-state index contributed by atoms with van der Waals surface area (Å²) in [5.41, 5.74) is 3.82. The maximum absolute atomic E-state index is 12.7. The molecule has 0 bridgehead atoms. The molecule has 0 unspecified atom stereocenters. The van der Waals surface area contributed by atoms with E-state index in [9.17, 15) is 13.2 Å². The van der Waals surface area contributed by atoms with Crippen LogP contribution in [0, 0.1) is 19.8 Å². The second-order valence-electron chi connectivity index (χ2n) is 7.27. The average Bonchev–Trinajstić information content (AvgIpc) is 2.65. The van der Waals surface area contributed by atoms with Crippen molar-refractivity contribution in [2.24, 2.45) is 5.92 Å². The third-order valence-corrected chi connectivity index (χ3v) is 6.86. The number of hydrogen-bond acceptors (Lipinski definition) is 3. The van der Waals surface area contributed by atoms with Crippen molar-refractivity contribution in [3.05, 3.63) is 65.2 Å². The second kappa shape index (κ2) is 8.23. The van der Waals surface area contributed by atoms with Gasteiger partial charge in [0.05, 0.1) is 5.75 Å². The lowest BCUT2D eigenvalue weighted by molar-refractivity contribution is -0.120. The van der Waals surface area contributed by atoms with E-state index >= 15 is 0 Å². The van der Waals surface area contributed by atoms with Crippen molar-refractivity contribution >= 4 is 21.6 Å². The normalized spacial score (nSPS) is 16.2. The monoisotopic (exact) mass is 386 g/mol. The summed E-state index contributed by atoms with van der Waals surface area (Å²) in [6, 6.07) is 15.2. The minimum Gasteiger partial charge on any atom is -0.326 e. The largest absolute Gasteiger partial charge is 0.326 e. The van der Waals surface area contributed by atoms with Crippen molar-refractivity contribution in [1.29, 1.82) is 0 Å². The summed E-state index contributed by atoms with van der Waals surface area (Å²) in [6.07, 6.45) is 1.09. The summed E-state index contributed by atoms with van der Waals surface area (Å²) >= 11 is 0. The van der Waals surface area contributed by atoms with E-state index in [-0.39, 0.29) is 17.6 Å². The summed E-state index contributed by atoms with van der Waals surface area (Å²) in [5, 5.41) is 2.93. The van der Waals surface area contributed by atoms with Gasteiger partial charge in [0.1, 0.15) is 0 Å². The Morgan fingerprint density at radius 3 is 2.04 bits per heavy atom. The van der Waals surface area contributed by atoms with Crippen molar-refractivity contribution in [3.63, 3.8) is 0 Å². The zero-order chi connectivity index (χ0) is 19.4. The van der Waals surface area contributed by atoms with Gasteiger partial charge >= 0.3 is 0 Å². The standard InChI is InChI=1S/C21H26N2O3S/c1-16-3-7-18(8-4-16)15-27(25,26)23-13-11-19(12-14-23)21(24)22-20-9-5-17(2)6-10-20/h3-10,19H,11-15H2,1-2H3,(H,22,24). The molecule has 1 N–H and O–H groups in total. The van der Waals surface area contributed by atoms with Crippen LogP contribution >= 0.6 is 0 Å². The predicted molar refractivity (Wildman–Crippen MR) is 108 cm³/mol. The molecular weight excluding hydrogens is 360 g/mol. The van der Waals surface area contributed by atoms with Crippen LogP contribution in [0.4, 0.5) is 5.69 Å². The highest BCUT2D eigenvalue weighted by Gasteiger charge is 2.31. The maximum Gasteiger partial charge on any atom is 0.227 e. The van der Waals surface area contributed by atoms with Crippen LogP contribution in [-0.2, 0) is 20.6 Å². The van der Waals surface area contributed by atoms with Crippen LogP contribution in [0.2, 0.25) is 0 Å². The Labute approximate surface area is 161 Å². The highest BCUT2D eigenvalue weighted by Crippen LogP contribution is 2.23. The van der Waals surface area contributed by atoms with Crippen molar-refractivity contribution < 1.29 is 13.2 Å². The van der Waals surface area contributed by atoms with E-state index in [0.29, 0.717) is 25.9 Å². The molecular formula is C21H26N2O3S. The van der Waals surface area contributed by atoms with E-state index in [1.807, 2.05) is 62.4 Å². The topological polar surface area (TPSA) is 66.5 Å². The lowest BCUT2D eigenvalue weighted by Crippen LogP contribution is -2.41. The Morgan fingerprint density at radius 2 is 1.48 bits per heavy atom. The summed E-state index contributed by atoms with van der Waals surface area (Å²) < 4.78 is 26.8. The number of carbonyl (C=O) groups excluding carboxylic acids is 1. The van der Waals surface area contributed by atoms with Gasteiger partial charge in [0.15, 0.2) is 0 Å². The van der Waals surface area contributed by atoms with Gasteiger partial charge in [-0.2, -0.15) is 0 Å². The Morgan fingerprint density at radius 1 is 0.963 bits per heavy atom. The van der Waals surface area contributed by atoms with Crippen LogP contribution < -0.4 is 5.32 Å². The third-order valence-electron chi connectivity index (χ3n) is 5.01. The number of benzene rings is 2.